The van der Waals surface area contributed by atoms with E-state index in [4.69, 9.17) is 9.26 Å². The van der Waals surface area contributed by atoms with Gasteiger partial charge in [-0.25, -0.2) is 0 Å². The van der Waals surface area contributed by atoms with Crippen LogP contribution in [0.2, 0.25) is 0 Å². The van der Waals surface area contributed by atoms with Gasteiger partial charge in [-0.15, -0.1) is 0 Å². The van der Waals surface area contributed by atoms with Crippen molar-refractivity contribution in [2.24, 2.45) is 0 Å². The van der Waals surface area contributed by atoms with Crippen LogP contribution < -0.4 is 5.32 Å². The first-order chi connectivity index (χ1) is 9.15. The normalized spacial score (nSPS) is 13.7. The molecule has 1 N–H and O–H groups in total. The molecule has 0 amide bonds. The Balaban J connectivity index is 2.81. The van der Waals surface area contributed by atoms with Crippen molar-refractivity contribution in [1.29, 1.82) is 0 Å². The second-order valence-electron chi connectivity index (χ2n) is 4.90. The molecule has 0 aliphatic carbocycles. The molecule has 0 saturated heterocycles. The van der Waals surface area contributed by atoms with Crippen LogP contribution in [0.15, 0.2) is 4.52 Å². The van der Waals surface area contributed by atoms with E-state index in [0.29, 0.717) is 17.8 Å². The number of nitrogens with zero attached hydrogens (tertiary/aromatic N) is 2. The smallest absolute Gasteiger partial charge is 0.228 e. The number of hydrogen-bond donors (Lipinski definition) is 1. The molecule has 0 bridgehead atoms. The number of likely N-dealkylation sites (N-methyl/N-ethyl adjacent to an activating group) is 1. The van der Waals surface area contributed by atoms with Gasteiger partial charge in [-0.2, -0.15) is 4.98 Å². The number of hydrogen-bond acceptors (Lipinski definition) is 5. The Hall–Kier alpha value is -0.940. The zero-order chi connectivity index (χ0) is 14.3. The molecular weight excluding hydrogens is 242 g/mol. The fraction of sp³-hybridized carbons (Fsp3) is 0.857. The van der Waals surface area contributed by atoms with Gasteiger partial charge in [0.2, 0.25) is 11.7 Å². The highest BCUT2D eigenvalue weighted by Crippen LogP contribution is 2.30. The summed E-state index contributed by atoms with van der Waals surface area (Å²) < 4.78 is 11.0. The van der Waals surface area contributed by atoms with Crippen molar-refractivity contribution in [2.75, 3.05) is 14.2 Å². The third-order valence-electron chi connectivity index (χ3n) is 3.87. The molecule has 0 saturated carbocycles. The second kappa shape index (κ2) is 7.60. The Morgan fingerprint density at radius 2 is 2.00 bits per heavy atom. The molecule has 5 heteroatoms. The summed E-state index contributed by atoms with van der Waals surface area (Å²) in [5, 5.41) is 7.39. The maximum Gasteiger partial charge on any atom is 0.228 e. The summed E-state index contributed by atoms with van der Waals surface area (Å²) >= 11 is 0. The van der Waals surface area contributed by atoms with Crippen LogP contribution in [-0.4, -0.2) is 30.3 Å². The average molecular weight is 269 g/mol. The lowest BCUT2D eigenvalue weighted by atomic mass is 9.96. The summed E-state index contributed by atoms with van der Waals surface area (Å²) in [6.45, 7) is 6.33. The fourth-order valence-electron chi connectivity index (χ4n) is 2.38. The predicted octanol–water partition coefficient (Wildman–Crippen LogP) is 2.66. The monoisotopic (exact) mass is 269 g/mol. The molecule has 0 aliphatic heterocycles. The number of nitrogens with one attached hydrogen (secondary N) is 1. The van der Waals surface area contributed by atoms with Crippen molar-refractivity contribution < 1.29 is 9.26 Å². The number of methoxy groups -OCH3 is 1. The Morgan fingerprint density at radius 1 is 1.32 bits per heavy atom. The third kappa shape index (κ3) is 3.76. The summed E-state index contributed by atoms with van der Waals surface area (Å²) in [5.41, 5.74) is -0.415. The second-order valence-corrected chi connectivity index (χ2v) is 4.90. The van der Waals surface area contributed by atoms with Gasteiger partial charge in [0.25, 0.3) is 0 Å². The Kier molecular flexibility index (Phi) is 6.45. The molecule has 1 aromatic heterocycles. The van der Waals surface area contributed by atoms with Crippen LogP contribution in [0.3, 0.4) is 0 Å². The molecule has 1 atom stereocenters. The maximum atomic E-state index is 5.61. The van der Waals surface area contributed by atoms with Crippen molar-refractivity contribution >= 4 is 0 Å². The first-order valence-corrected chi connectivity index (χ1v) is 7.21. The average Bonchev–Trinajstić information content (AvgIpc) is 2.90. The van der Waals surface area contributed by atoms with Crippen LogP contribution in [0.25, 0.3) is 0 Å². The highest BCUT2D eigenvalue weighted by atomic mass is 16.5. The van der Waals surface area contributed by atoms with Crippen LogP contribution in [0.4, 0.5) is 0 Å². The highest BCUT2D eigenvalue weighted by molar-refractivity contribution is 5.01. The van der Waals surface area contributed by atoms with Gasteiger partial charge in [0.1, 0.15) is 5.60 Å². The summed E-state index contributed by atoms with van der Waals surface area (Å²) in [7, 11) is 3.67. The zero-order valence-electron chi connectivity index (χ0n) is 12.8. The van der Waals surface area contributed by atoms with Crippen LogP contribution in [-0.2, 0) is 16.8 Å². The van der Waals surface area contributed by atoms with Gasteiger partial charge in [0.15, 0.2) is 0 Å². The molecule has 110 valence electrons. The summed E-state index contributed by atoms with van der Waals surface area (Å²) in [6, 6.07) is 0.387. The molecule has 0 radical (unpaired) electrons. The van der Waals surface area contributed by atoms with E-state index in [0.717, 1.165) is 32.1 Å². The van der Waals surface area contributed by atoms with Gasteiger partial charge >= 0.3 is 0 Å². The van der Waals surface area contributed by atoms with E-state index < -0.39 is 5.60 Å². The number of rotatable bonds is 9. The third-order valence-corrected chi connectivity index (χ3v) is 3.87. The van der Waals surface area contributed by atoms with Crippen molar-refractivity contribution in [1.82, 2.24) is 15.5 Å². The van der Waals surface area contributed by atoms with Gasteiger partial charge in [0, 0.05) is 19.6 Å². The minimum atomic E-state index is -0.415. The van der Waals surface area contributed by atoms with Gasteiger partial charge in [-0.3, -0.25) is 0 Å². The fourth-order valence-corrected chi connectivity index (χ4v) is 2.38. The SMILES string of the molecule is CCCC(Cc1nc(C(CC)(CC)OC)no1)NC. The topological polar surface area (TPSA) is 60.2 Å². The molecule has 0 aliphatic rings. The Bertz CT molecular complexity index is 353. The van der Waals surface area contributed by atoms with Gasteiger partial charge in [0.05, 0.1) is 0 Å². The van der Waals surface area contributed by atoms with E-state index in [-0.39, 0.29) is 0 Å². The van der Waals surface area contributed by atoms with E-state index in [1.165, 1.54) is 0 Å². The molecule has 1 rings (SSSR count). The van der Waals surface area contributed by atoms with E-state index in [9.17, 15) is 0 Å². The zero-order valence-corrected chi connectivity index (χ0v) is 12.8. The minimum absolute atomic E-state index is 0.387. The standard InChI is InChI=1S/C14H27N3O2/c1-6-9-11(15-4)10-12-16-13(17-19-12)14(7-2,8-3)18-5/h11,15H,6-10H2,1-5H3. The van der Waals surface area contributed by atoms with Crippen LogP contribution >= 0.6 is 0 Å². The Morgan fingerprint density at radius 3 is 2.47 bits per heavy atom. The van der Waals surface area contributed by atoms with Crippen LogP contribution in [0, 0.1) is 0 Å². The van der Waals surface area contributed by atoms with Crippen molar-refractivity contribution in [3.8, 4) is 0 Å². The van der Waals surface area contributed by atoms with Crippen LogP contribution in [0.1, 0.15) is 58.2 Å². The van der Waals surface area contributed by atoms with Gasteiger partial charge < -0.3 is 14.6 Å². The van der Waals surface area contributed by atoms with E-state index in [1.807, 2.05) is 7.05 Å². The lowest BCUT2D eigenvalue weighted by Gasteiger charge is -2.25. The lowest BCUT2D eigenvalue weighted by Crippen LogP contribution is -2.29. The molecule has 1 heterocycles. The minimum Gasteiger partial charge on any atom is -0.370 e. The summed E-state index contributed by atoms with van der Waals surface area (Å²) in [5.74, 6) is 1.35. The molecule has 1 unspecified atom stereocenters. The number of aromatic nitrogens is 2. The predicted molar refractivity (Wildman–Crippen MR) is 75.0 cm³/mol. The lowest BCUT2D eigenvalue weighted by molar-refractivity contribution is -0.0306. The van der Waals surface area contributed by atoms with E-state index in [1.54, 1.807) is 7.11 Å². The summed E-state index contributed by atoms with van der Waals surface area (Å²) in [6.07, 6.45) is 4.68. The highest BCUT2D eigenvalue weighted by Gasteiger charge is 2.33. The molecule has 19 heavy (non-hydrogen) atoms. The van der Waals surface area contributed by atoms with Gasteiger partial charge in [-0.05, 0) is 26.3 Å². The summed E-state index contributed by atoms with van der Waals surface area (Å²) in [4.78, 5) is 4.52. The number of ether oxygens (including phenoxy) is 1. The van der Waals surface area contributed by atoms with E-state index >= 15 is 0 Å². The van der Waals surface area contributed by atoms with Crippen molar-refractivity contribution in [3.63, 3.8) is 0 Å². The van der Waals surface area contributed by atoms with E-state index in [2.05, 4.69) is 36.2 Å². The quantitative estimate of drug-likeness (QED) is 0.747. The van der Waals surface area contributed by atoms with Crippen molar-refractivity contribution in [3.05, 3.63) is 11.7 Å². The van der Waals surface area contributed by atoms with Crippen LogP contribution in [0.5, 0.6) is 0 Å². The maximum absolute atomic E-state index is 5.61. The van der Waals surface area contributed by atoms with Gasteiger partial charge in [-0.1, -0.05) is 32.3 Å². The van der Waals surface area contributed by atoms with Crippen molar-refractivity contribution in [2.45, 2.75) is 64.5 Å². The molecule has 0 aromatic carbocycles. The molecule has 5 nitrogen and oxygen atoms in total. The molecule has 0 spiro atoms. The molecule has 0 fully saturated rings. The first-order valence-electron chi connectivity index (χ1n) is 7.21. The molecular formula is C14H27N3O2. The first kappa shape index (κ1) is 16.1. The Labute approximate surface area is 116 Å². The molecule has 1 aromatic rings. The largest absolute Gasteiger partial charge is 0.370 e.